The molecule has 0 fully saturated rings. The molecule has 104 valence electrons. The molecule has 0 amide bonds. The summed E-state index contributed by atoms with van der Waals surface area (Å²) in [7, 11) is 0. The van der Waals surface area contributed by atoms with Gasteiger partial charge in [0.2, 0.25) is 0 Å². The summed E-state index contributed by atoms with van der Waals surface area (Å²) >= 11 is 0. The third-order valence-electron chi connectivity index (χ3n) is 2.96. The first-order valence-electron chi connectivity index (χ1n) is 7.17. The largest absolute Gasteiger partial charge is 0.494 e. The van der Waals surface area contributed by atoms with Crippen molar-refractivity contribution in [3.63, 3.8) is 0 Å². The van der Waals surface area contributed by atoms with E-state index in [1.807, 2.05) is 37.3 Å². The van der Waals surface area contributed by atoms with E-state index in [9.17, 15) is 0 Å². The summed E-state index contributed by atoms with van der Waals surface area (Å²) in [5.74, 6) is 7.03. The van der Waals surface area contributed by atoms with Crippen molar-refractivity contribution in [2.45, 2.75) is 45.6 Å². The zero-order valence-corrected chi connectivity index (χ0v) is 12.1. The summed E-state index contributed by atoms with van der Waals surface area (Å²) in [5, 5.41) is 3.57. The molecule has 1 aromatic carbocycles. The van der Waals surface area contributed by atoms with Gasteiger partial charge in [-0.25, -0.2) is 0 Å². The second kappa shape index (κ2) is 10.5. The van der Waals surface area contributed by atoms with E-state index in [1.165, 1.54) is 0 Å². The first-order valence-corrected chi connectivity index (χ1v) is 7.17. The van der Waals surface area contributed by atoms with Crippen molar-refractivity contribution in [1.82, 2.24) is 5.32 Å². The summed E-state index contributed by atoms with van der Waals surface area (Å²) in [6.07, 6.45) is 4.25. The van der Waals surface area contributed by atoms with Crippen LogP contribution >= 0.6 is 0 Å². The second-order valence-electron chi connectivity index (χ2n) is 4.57. The molecule has 0 heterocycles. The molecule has 19 heavy (non-hydrogen) atoms. The van der Waals surface area contributed by atoms with E-state index in [1.54, 1.807) is 0 Å². The van der Waals surface area contributed by atoms with Crippen molar-refractivity contribution < 1.29 is 4.74 Å². The molecule has 1 aromatic rings. The third kappa shape index (κ3) is 7.54. The van der Waals surface area contributed by atoms with Crippen LogP contribution in [0.2, 0.25) is 0 Å². The summed E-state index contributed by atoms with van der Waals surface area (Å²) < 4.78 is 5.75. The van der Waals surface area contributed by atoms with Crippen molar-refractivity contribution >= 4 is 0 Å². The van der Waals surface area contributed by atoms with E-state index in [0.717, 1.165) is 44.6 Å². The van der Waals surface area contributed by atoms with Gasteiger partial charge in [0.15, 0.2) is 0 Å². The Labute approximate surface area is 117 Å². The van der Waals surface area contributed by atoms with Gasteiger partial charge >= 0.3 is 0 Å². The van der Waals surface area contributed by atoms with Crippen LogP contribution in [0, 0.1) is 11.8 Å². The number of nitrogens with one attached hydrogen (secondary N) is 1. The molecule has 0 radical (unpaired) electrons. The minimum Gasteiger partial charge on any atom is -0.494 e. The highest BCUT2D eigenvalue weighted by atomic mass is 16.5. The maximum absolute atomic E-state index is 5.75. The molecule has 0 spiro atoms. The van der Waals surface area contributed by atoms with Crippen LogP contribution in [0.15, 0.2) is 30.3 Å². The summed E-state index contributed by atoms with van der Waals surface area (Å²) in [6, 6.07) is 10.5. The molecule has 0 aliphatic rings. The fourth-order valence-electron chi connectivity index (χ4n) is 1.90. The molecular weight excluding hydrogens is 234 g/mol. The molecule has 1 atom stereocenters. The van der Waals surface area contributed by atoms with Crippen LogP contribution in [0.5, 0.6) is 5.75 Å². The molecule has 1 rings (SSSR count). The average molecular weight is 259 g/mol. The highest BCUT2D eigenvalue weighted by molar-refractivity contribution is 5.20. The van der Waals surface area contributed by atoms with Crippen LogP contribution < -0.4 is 10.1 Å². The predicted octanol–water partition coefficient (Wildman–Crippen LogP) is 3.63. The molecular formula is C17H25NO. The summed E-state index contributed by atoms with van der Waals surface area (Å²) in [5.41, 5.74) is 0. The number of rotatable bonds is 9. The van der Waals surface area contributed by atoms with E-state index in [0.29, 0.717) is 6.04 Å². The first-order chi connectivity index (χ1) is 9.36. The zero-order valence-electron chi connectivity index (χ0n) is 12.1. The average Bonchev–Trinajstić information content (AvgIpc) is 2.45. The minimum absolute atomic E-state index is 0.504. The normalized spacial score (nSPS) is 11.5. The topological polar surface area (TPSA) is 21.3 Å². The lowest BCUT2D eigenvalue weighted by Gasteiger charge is -2.17. The van der Waals surface area contributed by atoms with Gasteiger partial charge in [0, 0.05) is 12.5 Å². The molecule has 0 aromatic heterocycles. The van der Waals surface area contributed by atoms with E-state index in [2.05, 4.69) is 24.1 Å². The highest BCUT2D eigenvalue weighted by Gasteiger charge is 2.07. The lowest BCUT2D eigenvalue weighted by atomic mass is 10.1. The lowest BCUT2D eigenvalue weighted by molar-refractivity contribution is 0.281. The number of hydrogen-bond acceptors (Lipinski definition) is 2. The van der Waals surface area contributed by atoms with Gasteiger partial charge in [0.25, 0.3) is 0 Å². The number of hydrogen-bond donors (Lipinski definition) is 1. The van der Waals surface area contributed by atoms with Crippen LogP contribution in [-0.4, -0.2) is 19.2 Å². The van der Waals surface area contributed by atoms with Gasteiger partial charge < -0.3 is 10.1 Å². The zero-order chi connectivity index (χ0) is 13.8. The Morgan fingerprint density at radius 2 is 2.00 bits per heavy atom. The van der Waals surface area contributed by atoms with Crippen LogP contribution in [0.1, 0.15) is 39.5 Å². The smallest absolute Gasteiger partial charge is 0.119 e. The van der Waals surface area contributed by atoms with Gasteiger partial charge in [-0.1, -0.05) is 25.1 Å². The maximum Gasteiger partial charge on any atom is 0.119 e. The van der Waals surface area contributed by atoms with Crippen molar-refractivity contribution in [3.8, 4) is 17.6 Å². The Balaban J connectivity index is 2.27. The molecule has 1 unspecified atom stereocenters. The Hall–Kier alpha value is -1.46. The van der Waals surface area contributed by atoms with Crippen molar-refractivity contribution in [1.29, 1.82) is 0 Å². The fraction of sp³-hybridized carbons (Fsp3) is 0.529. The van der Waals surface area contributed by atoms with Gasteiger partial charge in [-0.15, -0.1) is 11.8 Å². The summed E-state index contributed by atoms with van der Waals surface area (Å²) in [6.45, 7) is 5.91. The lowest BCUT2D eigenvalue weighted by Crippen LogP contribution is -2.31. The Bertz CT molecular complexity index is 377. The molecule has 1 N–H and O–H groups in total. The standard InChI is InChI=1S/C17H25NO/c1-3-5-7-10-16(18-14-4-2)13-15-19-17-11-8-6-9-12-17/h6,8-9,11-12,16,18H,4,7,10,13-15H2,1-2H3. The molecule has 2 heteroatoms. The summed E-state index contributed by atoms with van der Waals surface area (Å²) in [4.78, 5) is 0. The number of para-hydroxylation sites is 1. The van der Waals surface area contributed by atoms with E-state index in [4.69, 9.17) is 4.74 Å². The quantitative estimate of drug-likeness (QED) is 0.684. The fourth-order valence-corrected chi connectivity index (χ4v) is 1.90. The number of benzene rings is 1. The van der Waals surface area contributed by atoms with Crippen LogP contribution in [0.4, 0.5) is 0 Å². The van der Waals surface area contributed by atoms with Gasteiger partial charge in [0.1, 0.15) is 5.75 Å². The van der Waals surface area contributed by atoms with Gasteiger partial charge in [0.05, 0.1) is 6.61 Å². The molecule has 0 bridgehead atoms. The monoisotopic (exact) mass is 259 g/mol. The van der Waals surface area contributed by atoms with Gasteiger partial charge in [-0.2, -0.15) is 0 Å². The Morgan fingerprint density at radius 1 is 1.21 bits per heavy atom. The van der Waals surface area contributed by atoms with Crippen molar-refractivity contribution in [3.05, 3.63) is 30.3 Å². The number of ether oxygens (including phenoxy) is 1. The van der Waals surface area contributed by atoms with Crippen LogP contribution in [0.25, 0.3) is 0 Å². The maximum atomic E-state index is 5.75. The van der Waals surface area contributed by atoms with Gasteiger partial charge in [-0.3, -0.25) is 0 Å². The highest BCUT2D eigenvalue weighted by Crippen LogP contribution is 2.10. The predicted molar refractivity (Wildman–Crippen MR) is 81.3 cm³/mol. The minimum atomic E-state index is 0.504. The van der Waals surface area contributed by atoms with Crippen molar-refractivity contribution in [2.24, 2.45) is 0 Å². The second-order valence-corrected chi connectivity index (χ2v) is 4.57. The first kappa shape index (κ1) is 15.6. The third-order valence-corrected chi connectivity index (χ3v) is 2.96. The molecule has 0 aliphatic heterocycles. The Morgan fingerprint density at radius 3 is 2.68 bits per heavy atom. The molecule has 2 nitrogen and oxygen atoms in total. The van der Waals surface area contributed by atoms with Crippen molar-refractivity contribution in [2.75, 3.05) is 13.2 Å². The van der Waals surface area contributed by atoms with Crippen LogP contribution in [-0.2, 0) is 0 Å². The molecule has 0 saturated carbocycles. The van der Waals surface area contributed by atoms with E-state index < -0.39 is 0 Å². The van der Waals surface area contributed by atoms with E-state index >= 15 is 0 Å². The van der Waals surface area contributed by atoms with Gasteiger partial charge in [-0.05, 0) is 44.9 Å². The SMILES string of the molecule is CC#CCCC(CCOc1ccccc1)NCCC. The van der Waals surface area contributed by atoms with E-state index in [-0.39, 0.29) is 0 Å². The van der Waals surface area contributed by atoms with Crippen LogP contribution in [0.3, 0.4) is 0 Å². The molecule has 0 aliphatic carbocycles. The molecule has 0 saturated heterocycles. The Kier molecular flexibility index (Phi) is 8.59.